The zero-order chi connectivity index (χ0) is 17.4. The first-order chi connectivity index (χ1) is 11.7. The average molecular weight is 463 g/mol. The van der Waals surface area contributed by atoms with E-state index < -0.39 is 0 Å². The smallest absolute Gasteiger partial charge is 0.310 e. The summed E-state index contributed by atoms with van der Waals surface area (Å²) in [4.78, 5) is 18.3. The molecule has 0 aliphatic carbocycles. The number of ether oxygens (including phenoxy) is 1. The lowest BCUT2D eigenvalue weighted by Gasteiger charge is -2.34. The SMILES string of the molecule is CCOC(=O)C1CCCN(C(=NC)NCCc2ccccc2F)C1.I. The number of esters is 1. The van der Waals surface area contributed by atoms with Crippen molar-refractivity contribution in [2.75, 3.05) is 33.3 Å². The van der Waals surface area contributed by atoms with E-state index in [4.69, 9.17) is 4.74 Å². The molecular weight excluding hydrogens is 436 g/mol. The van der Waals surface area contributed by atoms with Gasteiger partial charge in [-0.05, 0) is 37.8 Å². The Hall–Kier alpha value is -1.38. The van der Waals surface area contributed by atoms with E-state index in [9.17, 15) is 9.18 Å². The number of nitrogens with zero attached hydrogens (tertiary/aromatic N) is 2. The molecule has 0 radical (unpaired) electrons. The van der Waals surface area contributed by atoms with E-state index in [1.165, 1.54) is 6.07 Å². The van der Waals surface area contributed by atoms with Gasteiger partial charge in [-0.25, -0.2) is 4.39 Å². The minimum absolute atomic E-state index is 0. The van der Waals surface area contributed by atoms with Crippen molar-refractivity contribution in [3.8, 4) is 0 Å². The molecule has 1 aliphatic rings. The van der Waals surface area contributed by atoms with Crippen LogP contribution in [0.15, 0.2) is 29.3 Å². The van der Waals surface area contributed by atoms with Gasteiger partial charge in [-0.3, -0.25) is 9.79 Å². The summed E-state index contributed by atoms with van der Waals surface area (Å²) in [5.41, 5.74) is 0.684. The lowest BCUT2D eigenvalue weighted by atomic mass is 9.98. The number of carbonyl (C=O) groups is 1. The van der Waals surface area contributed by atoms with Crippen LogP contribution in [0.1, 0.15) is 25.3 Å². The molecule has 1 aliphatic heterocycles. The molecular formula is C18H27FIN3O2. The van der Waals surface area contributed by atoms with E-state index >= 15 is 0 Å². The second-order valence-corrected chi connectivity index (χ2v) is 5.85. The Morgan fingerprint density at radius 3 is 2.88 bits per heavy atom. The highest BCUT2D eigenvalue weighted by atomic mass is 127. The van der Waals surface area contributed by atoms with Crippen molar-refractivity contribution in [1.29, 1.82) is 0 Å². The lowest BCUT2D eigenvalue weighted by Crippen LogP contribution is -2.48. The number of aliphatic imine (C=N–C) groups is 1. The van der Waals surface area contributed by atoms with E-state index in [2.05, 4.69) is 15.2 Å². The minimum atomic E-state index is -0.186. The van der Waals surface area contributed by atoms with Crippen LogP contribution >= 0.6 is 24.0 Å². The van der Waals surface area contributed by atoms with Gasteiger partial charge in [0.15, 0.2) is 5.96 Å². The maximum absolute atomic E-state index is 13.6. The predicted octanol–water partition coefficient (Wildman–Crippen LogP) is 2.84. The maximum atomic E-state index is 13.6. The first-order valence-corrected chi connectivity index (χ1v) is 8.51. The summed E-state index contributed by atoms with van der Waals surface area (Å²) in [7, 11) is 1.72. The first-order valence-electron chi connectivity index (χ1n) is 8.51. The van der Waals surface area contributed by atoms with Crippen LogP contribution in [-0.4, -0.2) is 50.1 Å². The molecule has 1 atom stereocenters. The summed E-state index contributed by atoms with van der Waals surface area (Å²) in [6.45, 7) is 4.29. The number of hydrogen-bond acceptors (Lipinski definition) is 3. The number of piperidine rings is 1. The quantitative estimate of drug-likeness (QED) is 0.316. The van der Waals surface area contributed by atoms with Gasteiger partial charge in [0.05, 0.1) is 12.5 Å². The van der Waals surface area contributed by atoms with Crippen molar-refractivity contribution >= 4 is 35.9 Å². The molecule has 7 heteroatoms. The Labute approximate surface area is 166 Å². The molecule has 0 aromatic heterocycles. The van der Waals surface area contributed by atoms with Crippen LogP contribution in [0, 0.1) is 11.7 Å². The summed E-state index contributed by atoms with van der Waals surface area (Å²) in [5, 5.41) is 3.26. The Kier molecular flexibility index (Phi) is 9.77. The topological polar surface area (TPSA) is 53.9 Å². The van der Waals surface area contributed by atoms with E-state index in [0.29, 0.717) is 31.7 Å². The van der Waals surface area contributed by atoms with Gasteiger partial charge in [0, 0.05) is 26.7 Å². The molecule has 0 spiro atoms. The van der Waals surface area contributed by atoms with Gasteiger partial charge in [0.2, 0.25) is 0 Å². The number of benzene rings is 1. The molecule has 2 rings (SSSR count). The third kappa shape index (κ3) is 6.45. The highest BCUT2D eigenvalue weighted by Crippen LogP contribution is 2.18. The van der Waals surface area contributed by atoms with E-state index in [0.717, 1.165) is 25.3 Å². The third-order valence-corrected chi connectivity index (χ3v) is 4.19. The van der Waals surface area contributed by atoms with Gasteiger partial charge in [0.1, 0.15) is 5.82 Å². The van der Waals surface area contributed by atoms with Gasteiger partial charge in [-0.15, -0.1) is 24.0 Å². The molecule has 5 nitrogen and oxygen atoms in total. The zero-order valence-electron chi connectivity index (χ0n) is 14.8. The van der Waals surface area contributed by atoms with Crippen molar-refractivity contribution < 1.29 is 13.9 Å². The maximum Gasteiger partial charge on any atom is 0.310 e. The highest BCUT2D eigenvalue weighted by Gasteiger charge is 2.28. The molecule has 1 unspecified atom stereocenters. The highest BCUT2D eigenvalue weighted by molar-refractivity contribution is 14.0. The van der Waals surface area contributed by atoms with Crippen molar-refractivity contribution in [1.82, 2.24) is 10.2 Å². The third-order valence-electron chi connectivity index (χ3n) is 4.19. The molecule has 1 heterocycles. The molecule has 0 bridgehead atoms. The Bertz CT molecular complexity index is 583. The minimum Gasteiger partial charge on any atom is -0.466 e. The Morgan fingerprint density at radius 2 is 2.20 bits per heavy atom. The number of hydrogen-bond donors (Lipinski definition) is 1. The van der Waals surface area contributed by atoms with Crippen molar-refractivity contribution in [2.45, 2.75) is 26.2 Å². The number of nitrogens with one attached hydrogen (secondary N) is 1. The monoisotopic (exact) mass is 463 g/mol. The largest absolute Gasteiger partial charge is 0.466 e. The summed E-state index contributed by atoms with van der Waals surface area (Å²) >= 11 is 0. The van der Waals surface area contributed by atoms with E-state index in [-0.39, 0.29) is 41.7 Å². The molecule has 1 N–H and O–H groups in total. The molecule has 25 heavy (non-hydrogen) atoms. The summed E-state index contributed by atoms with van der Waals surface area (Å²) in [5.74, 6) is 0.322. The van der Waals surface area contributed by atoms with Crippen LogP contribution in [0.2, 0.25) is 0 Å². The molecule has 1 fully saturated rings. The van der Waals surface area contributed by atoms with Crippen LogP contribution in [0.25, 0.3) is 0 Å². The molecule has 1 aromatic carbocycles. The Morgan fingerprint density at radius 1 is 1.44 bits per heavy atom. The summed E-state index contributed by atoms with van der Waals surface area (Å²) < 4.78 is 18.8. The Balaban J connectivity index is 0.00000312. The number of guanidine groups is 1. The van der Waals surface area contributed by atoms with Crippen LogP contribution in [0.3, 0.4) is 0 Å². The molecule has 140 valence electrons. The fraction of sp³-hybridized carbons (Fsp3) is 0.556. The number of carbonyl (C=O) groups excluding carboxylic acids is 1. The van der Waals surface area contributed by atoms with Crippen LogP contribution in [0.4, 0.5) is 4.39 Å². The van der Waals surface area contributed by atoms with Crippen molar-refractivity contribution in [2.24, 2.45) is 10.9 Å². The number of rotatable bonds is 5. The fourth-order valence-electron chi connectivity index (χ4n) is 2.96. The van der Waals surface area contributed by atoms with E-state index in [1.807, 2.05) is 13.0 Å². The van der Waals surface area contributed by atoms with Gasteiger partial charge >= 0.3 is 5.97 Å². The molecule has 0 saturated carbocycles. The zero-order valence-corrected chi connectivity index (χ0v) is 17.2. The molecule has 1 saturated heterocycles. The summed E-state index contributed by atoms with van der Waals surface area (Å²) in [6.07, 6.45) is 2.36. The van der Waals surface area contributed by atoms with Gasteiger partial charge in [0.25, 0.3) is 0 Å². The van der Waals surface area contributed by atoms with Gasteiger partial charge in [-0.2, -0.15) is 0 Å². The van der Waals surface area contributed by atoms with E-state index in [1.54, 1.807) is 19.2 Å². The number of likely N-dealkylation sites (tertiary alicyclic amines) is 1. The fourth-order valence-corrected chi connectivity index (χ4v) is 2.96. The standard InChI is InChI=1S/C18H26FN3O2.HI/c1-3-24-17(23)15-8-6-12-22(13-15)18(20-2)21-11-10-14-7-4-5-9-16(14)19;/h4-5,7,9,15H,3,6,8,10-13H2,1-2H3,(H,20,21);1H. The van der Waals surface area contributed by atoms with Gasteiger partial charge < -0.3 is 15.0 Å². The van der Waals surface area contributed by atoms with Crippen LogP contribution in [0.5, 0.6) is 0 Å². The van der Waals surface area contributed by atoms with Crippen LogP contribution < -0.4 is 5.32 Å². The normalized spacial score (nSPS) is 17.6. The van der Waals surface area contributed by atoms with Crippen molar-refractivity contribution in [3.05, 3.63) is 35.6 Å². The lowest BCUT2D eigenvalue weighted by molar-refractivity contribution is -0.149. The van der Waals surface area contributed by atoms with Crippen LogP contribution in [-0.2, 0) is 16.0 Å². The predicted molar refractivity (Wildman–Crippen MR) is 108 cm³/mol. The molecule has 0 amide bonds. The second-order valence-electron chi connectivity index (χ2n) is 5.85. The van der Waals surface area contributed by atoms with Crippen molar-refractivity contribution in [3.63, 3.8) is 0 Å². The average Bonchev–Trinajstić information content (AvgIpc) is 2.60. The summed E-state index contributed by atoms with van der Waals surface area (Å²) in [6, 6.07) is 6.78. The van der Waals surface area contributed by atoms with Gasteiger partial charge in [-0.1, -0.05) is 18.2 Å². The molecule has 1 aromatic rings. The first kappa shape index (κ1) is 21.7. The number of halogens is 2. The second kappa shape index (κ2) is 11.3.